The smallest absolute Gasteiger partial charge is 0.190 e. The summed E-state index contributed by atoms with van der Waals surface area (Å²) in [5.74, 6) is 1.85. The molecule has 1 saturated heterocycles. The zero-order valence-electron chi connectivity index (χ0n) is 10.1. The van der Waals surface area contributed by atoms with Gasteiger partial charge in [-0.1, -0.05) is 11.8 Å². The first kappa shape index (κ1) is 13.0. The summed E-state index contributed by atoms with van der Waals surface area (Å²) in [7, 11) is 1.88. The van der Waals surface area contributed by atoms with Crippen molar-refractivity contribution in [1.29, 1.82) is 0 Å². The Balaban J connectivity index is 1.98. The number of hydrogen-bond donors (Lipinski definition) is 1. The molecule has 0 spiro atoms. The van der Waals surface area contributed by atoms with Gasteiger partial charge in [-0.2, -0.15) is 0 Å². The number of anilines is 1. The molecule has 17 heavy (non-hydrogen) atoms. The van der Waals surface area contributed by atoms with Crippen LogP contribution in [0.25, 0.3) is 0 Å². The average molecular weight is 271 g/mol. The summed E-state index contributed by atoms with van der Waals surface area (Å²) in [4.78, 5) is 8.83. The second kappa shape index (κ2) is 6.47. The van der Waals surface area contributed by atoms with Crippen LogP contribution in [0.4, 0.5) is 5.82 Å². The topological polar surface area (TPSA) is 47.0 Å². The molecule has 0 radical (unpaired) electrons. The molecule has 1 atom stereocenters. The molecule has 1 unspecified atom stereocenters. The van der Waals surface area contributed by atoms with Crippen molar-refractivity contribution in [3.8, 4) is 0 Å². The highest BCUT2D eigenvalue weighted by Crippen LogP contribution is 2.25. The van der Waals surface area contributed by atoms with Gasteiger partial charge in [0.1, 0.15) is 10.8 Å². The number of nitrogens with zero attached hydrogens (tertiary/aromatic N) is 2. The number of ether oxygens (including phenoxy) is 1. The minimum absolute atomic E-state index is 0.394. The Morgan fingerprint density at radius 2 is 2.41 bits per heavy atom. The largest absolute Gasteiger partial charge is 0.377 e. The number of rotatable bonds is 5. The van der Waals surface area contributed by atoms with Crippen LogP contribution in [0.5, 0.6) is 0 Å². The average Bonchev–Trinajstić information content (AvgIpc) is 2.89. The van der Waals surface area contributed by atoms with Crippen LogP contribution in [-0.4, -0.2) is 41.7 Å². The summed E-state index contributed by atoms with van der Waals surface area (Å²) in [5, 5.41) is 4.89. The Morgan fingerprint density at radius 3 is 3.06 bits per heavy atom. The number of hydrogen-bond acceptors (Lipinski definition) is 6. The highest BCUT2D eigenvalue weighted by Gasteiger charge is 2.16. The minimum Gasteiger partial charge on any atom is -0.377 e. The monoisotopic (exact) mass is 271 g/mol. The van der Waals surface area contributed by atoms with E-state index in [0.717, 1.165) is 28.4 Å². The van der Waals surface area contributed by atoms with E-state index < -0.39 is 0 Å². The molecule has 1 fully saturated rings. The van der Waals surface area contributed by atoms with Gasteiger partial charge in [0.05, 0.1) is 6.10 Å². The van der Waals surface area contributed by atoms with E-state index in [9.17, 15) is 0 Å². The maximum Gasteiger partial charge on any atom is 0.190 e. The summed E-state index contributed by atoms with van der Waals surface area (Å²) in [6.45, 7) is 0.910. The number of aromatic nitrogens is 2. The van der Waals surface area contributed by atoms with Crippen LogP contribution in [-0.2, 0) is 4.74 Å². The third kappa shape index (κ3) is 3.76. The molecule has 6 heteroatoms. The fourth-order valence-corrected chi connectivity index (χ4v) is 3.05. The Hall–Kier alpha value is -0.460. The van der Waals surface area contributed by atoms with E-state index in [-0.39, 0.29) is 0 Å². The highest BCUT2D eigenvalue weighted by molar-refractivity contribution is 7.99. The summed E-state index contributed by atoms with van der Waals surface area (Å²) in [5.41, 5.74) is 0. The van der Waals surface area contributed by atoms with Gasteiger partial charge >= 0.3 is 0 Å². The second-order valence-electron chi connectivity index (χ2n) is 3.77. The fourth-order valence-electron chi connectivity index (χ4n) is 1.65. The molecule has 1 aromatic heterocycles. The van der Waals surface area contributed by atoms with Crippen LogP contribution in [0.3, 0.4) is 0 Å². The molecular weight excluding hydrogens is 254 g/mol. The van der Waals surface area contributed by atoms with Crippen LogP contribution in [0.15, 0.2) is 16.2 Å². The molecule has 1 N–H and O–H groups in total. The summed E-state index contributed by atoms with van der Waals surface area (Å²) in [6, 6.07) is 1.99. The molecule has 0 aromatic carbocycles. The molecule has 1 aliphatic rings. The van der Waals surface area contributed by atoms with Gasteiger partial charge in [-0.05, 0) is 19.1 Å². The van der Waals surface area contributed by atoms with E-state index >= 15 is 0 Å². The third-order valence-corrected chi connectivity index (χ3v) is 4.15. The highest BCUT2D eigenvalue weighted by atomic mass is 32.2. The van der Waals surface area contributed by atoms with Crippen molar-refractivity contribution >= 4 is 29.3 Å². The van der Waals surface area contributed by atoms with Crippen molar-refractivity contribution in [1.82, 2.24) is 9.97 Å². The standard InChI is InChI=1S/C11H17N3OS2/c1-12-9-6-10(14-11(13-9)16-2)17-7-8-4-3-5-15-8/h6,8H,3-5,7H2,1-2H3,(H,12,13,14). The van der Waals surface area contributed by atoms with Crippen LogP contribution in [0, 0.1) is 0 Å². The van der Waals surface area contributed by atoms with E-state index in [1.54, 1.807) is 23.5 Å². The van der Waals surface area contributed by atoms with Gasteiger partial charge in [0, 0.05) is 25.5 Å². The molecule has 1 aliphatic heterocycles. The fraction of sp³-hybridized carbons (Fsp3) is 0.636. The van der Waals surface area contributed by atoms with Gasteiger partial charge in [0.2, 0.25) is 0 Å². The van der Waals surface area contributed by atoms with Crippen LogP contribution >= 0.6 is 23.5 Å². The molecular formula is C11H17N3OS2. The van der Waals surface area contributed by atoms with Crippen molar-refractivity contribution in [2.75, 3.05) is 31.0 Å². The van der Waals surface area contributed by atoms with Gasteiger partial charge in [0.15, 0.2) is 5.16 Å². The molecule has 2 rings (SSSR count). The van der Waals surface area contributed by atoms with E-state index in [4.69, 9.17) is 4.74 Å². The molecule has 2 heterocycles. The van der Waals surface area contributed by atoms with Crippen molar-refractivity contribution < 1.29 is 4.74 Å². The molecule has 1 aromatic rings. The van der Waals surface area contributed by atoms with Gasteiger partial charge in [0.25, 0.3) is 0 Å². The molecule has 94 valence electrons. The molecule has 0 bridgehead atoms. The zero-order valence-corrected chi connectivity index (χ0v) is 11.7. The van der Waals surface area contributed by atoms with Crippen LogP contribution in [0.1, 0.15) is 12.8 Å². The van der Waals surface area contributed by atoms with Crippen molar-refractivity contribution in [3.05, 3.63) is 6.07 Å². The Kier molecular flexibility index (Phi) is 4.94. The molecule has 0 saturated carbocycles. The normalized spacial score (nSPS) is 19.5. The van der Waals surface area contributed by atoms with E-state index in [0.29, 0.717) is 6.10 Å². The van der Waals surface area contributed by atoms with E-state index in [1.807, 2.05) is 19.4 Å². The van der Waals surface area contributed by atoms with Gasteiger partial charge in [-0.15, -0.1) is 11.8 Å². The van der Waals surface area contributed by atoms with Gasteiger partial charge < -0.3 is 10.1 Å². The lowest BCUT2D eigenvalue weighted by molar-refractivity contribution is 0.129. The van der Waals surface area contributed by atoms with Crippen LogP contribution < -0.4 is 5.32 Å². The van der Waals surface area contributed by atoms with E-state index in [2.05, 4.69) is 15.3 Å². The predicted molar refractivity (Wildman–Crippen MR) is 73.1 cm³/mol. The Labute approximate surface area is 110 Å². The van der Waals surface area contributed by atoms with Crippen molar-refractivity contribution in [2.45, 2.75) is 29.1 Å². The SMILES string of the molecule is CNc1cc(SCC2CCCO2)nc(SC)n1. The maximum absolute atomic E-state index is 5.60. The molecule has 4 nitrogen and oxygen atoms in total. The minimum atomic E-state index is 0.394. The lowest BCUT2D eigenvalue weighted by Gasteiger charge is -2.09. The van der Waals surface area contributed by atoms with E-state index in [1.165, 1.54) is 12.8 Å². The number of nitrogens with one attached hydrogen (secondary N) is 1. The zero-order chi connectivity index (χ0) is 12.1. The summed E-state index contributed by atoms with van der Waals surface area (Å²) >= 11 is 3.31. The summed E-state index contributed by atoms with van der Waals surface area (Å²) in [6.07, 6.45) is 4.74. The second-order valence-corrected chi connectivity index (χ2v) is 5.59. The maximum atomic E-state index is 5.60. The predicted octanol–water partition coefficient (Wildman–Crippen LogP) is 2.51. The van der Waals surface area contributed by atoms with Crippen molar-refractivity contribution in [2.24, 2.45) is 0 Å². The Bertz CT molecular complexity index is 347. The summed E-state index contributed by atoms with van der Waals surface area (Å²) < 4.78 is 5.60. The molecule has 0 aliphatic carbocycles. The van der Waals surface area contributed by atoms with Crippen molar-refractivity contribution in [3.63, 3.8) is 0 Å². The third-order valence-electron chi connectivity index (χ3n) is 2.56. The lowest BCUT2D eigenvalue weighted by Crippen LogP contribution is -2.08. The van der Waals surface area contributed by atoms with Gasteiger partial charge in [-0.25, -0.2) is 9.97 Å². The molecule has 0 amide bonds. The van der Waals surface area contributed by atoms with Gasteiger partial charge in [-0.3, -0.25) is 0 Å². The first-order valence-corrected chi connectivity index (χ1v) is 7.88. The van der Waals surface area contributed by atoms with Crippen LogP contribution in [0.2, 0.25) is 0 Å². The first-order chi connectivity index (χ1) is 8.31. The number of thioether (sulfide) groups is 2. The quantitative estimate of drug-likeness (QED) is 0.504. The Morgan fingerprint density at radius 1 is 1.53 bits per heavy atom. The first-order valence-electron chi connectivity index (χ1n) is 5.67. The lowest BCUT2D eigenvalue weighted by atomic mass is 10.3.